The standard InChI is InChI=1S/C27H35N3O4S/c1-19(2)21-4-6-23(7-5-21)28-35(33,34)24-8-9-25-22(18-24)14-17-30(25)27(32)11-10-26(31)29-15-12-20(3)13-16-29/h4-9,18-20,28H,10-17H2,1-3H3. The molecule has 1 N–H and O–H groups in total. The van der Waals surface area contributed by atoms with Crippen LogP contribution in [0.25, 0.3) is 0 Å². The fourth-order valence-corrected chi connectivity index (χ4v) is 5.83. The van der Waals surface area contributed by atoms with Gasteiger partial charge in [0.15, 0.2) is 0 Å². The number of amides is 2. The van der Waals surface area contributed by atoms with Gasteiger partial charge in [-0.1, -0.05) is 32.9 Å². The molecule has 2 amide bonds. The highest BCUT2D eigenvalue weighted by molar-refractivity contribution is 7.92. The molecule has 0 saturated carbocycles. The number of sulfonamides is 1. The Hall–Kier alpha value is -2.87. The maximum atomic E-state index is 12.9. The molecular formula is C27H35N3O4S. The van der Waals surface area contributed by atoms with Gasteiger partial charge in [-0.2, -0.15) is 0 Å². The SMILES string of the molecule is CC1CCN(C(=O)CCC(=O)N2CCc3cc(S(=O)(=O)Nc4ccc(C(C)C)cc4)ccc32)CC1. The summed E-state index contributed by atoms with van der Waals surface area (Å²) in [6, 6.07) is 12.3. The van der Waals surface area contributed by atoms with Crippen molar-refractivity contribution in [1.29, 1.82) is 0 Å². The van der Waals surface area contributed by atoms with Gasteiger partial charge in [-0.05, 0) is 72.6 Å². The molecular weight excluding hydrogens is 462 g/mol. The van der Waals surface area contributed by atoms with Gasteiger partial charge in [0.1, 0.15) is 0 Å². The Morgan fingerprint density at radius 2 is 1.63 bits per heavy atom. The van der Waals surface area contributed by atoms with E-state index in [9.17, 15) is 18.0 Å². The third-order valence-corrected chi connectivity index (χ3v) is 8.46. The Labute approximate surface area is 208 Å². The number of fused-ring (bicyclic) bond motifs is 1. The lowest BCUT2D eigenvalue weighted by Crippen LogP contribution is -2.38. The number of hydrogen-bond donors (Lipinski definition) is 1. The van der Waals surface area contributed by atoms with E-state index in [0.29, 0.717) is 30.5 Å². The molecule has 2 aliphatic heterocycles. The molecule has 0 radical (unpaired) electrons. The average molecular weight is 498 g/mol. The smallest absolute Gasteiger partial charge is 0.261 e. The van der Waals surface area contributed by atoms with Gasteiger partial charge in [-0.25, -0.2) is 8.42 Å². The molecule has 1 saturated heterocycles. The van der Waals surface area contributed by atoms with Crippen LogP contribution < -0.4 is 9.62 Å². The van der Waals surface area contributed by atoms with Crippen molar-refractivity contribution in [2.24, 2.45) is 5.92 Å². The number of hydrogen-bond acceptors (Lipinski definition) is 4. The van der Waals surface area contributed by atoms with Crippen molar-refractivity contribution >= 4 is 33.2 Å². The number of benzene rings is 2. The quantitative estimate of drug-likeness (QED) is 0.609. The van der Waals surface area contributed by atoms with Crippen LogP contribution in [0.5, 0.6) is 0 Å². The van der Waals surface area contributed by atoms with E-state index in [1.165, 1.54) is 6.07 Å². The number of anilines is 2. The van der Waals surface area contributed by atoms with Gasteiger partial charge in [0.2, 0.25) is 11.8 Å². The molecule has 2 heterocycles. The highest BCUT2D eigenvalue weighted by Gasteiger charge is 2.28. The van der Waals surface area contributed by atoms with E-state index in [0.717, 1.165) is 42.7 Å². The average Bonchev–Trinajstić information content (AvgIpc) is 3.26. The molecule has 8 heteroatoms. The number of carbonyl (C=O) groups is 2. The maximum absolute atomic E-state index is 12.9. The molecule has 188 valence electrons. The first-order chi connectivity index (χ1) is 16.6. The summed E-state index contributed by atoms with van der Waals surface area (Å²) in [6.07, 6.45) is 3.00. The summed E-state index contributed by atoms with van der Waals surface area (Å²) >= 11 is 0. The number of carbonyl (C=O) groups excluding carboxylic acids is 2. The molecule has 7 nitrogen and oxygen atoms in total. The molecule has 0 unspecified atom stereocenters. The van der Waals surface area contributed by atoms with Crippen LogP contribution in [-0.2, 0) is 26.0 Å². The highest BCUT2D eigenvalue weighted by Crippen LogP contribution is 2.31. The topological polar surface area (TPSA) is 86.8 Å². The number of nitrogens with one attached hydrogen (secondary N) is 1. The predicted molar refractivity (Wildman–Crippen MR) is 138 cm³/mol. The van der Waals surface area contributed by atoms with Crippen molar-refractivity contribution in [2.45, 2.75) is 63.7 Å². The monoisotopic (exact) mass is 497 g/mol. The molecule has 0 aromatic heterocycles. The Bertz CT molecular complexity index is 1180. The molecule has 1 fully saturated rings. The van der Waals surface area contributed by atoms with Crippen LogP contribution >= 0.6 is 0 Å². The van der Waals surface area contributed by atoms with E-state index in [4.69, 9.17) is 0 Å². The molecule has 0 spiro atoms. The summed E-state index contributed by atoms with van der Waals surface area (Å²) in [5, 5.41) is 0. The normalized spacial score (nSPS) is 16.5. The molecule has 4 rings (SSSR count). The molecule has 35 heavy (non-hydrogen) atoms. The van der Waals surface area contributed by atoms with Crippen LogP contribution in [-0.4, -0.2) is 44.8 Å². The van der Waals surface area contributed by atoms with E-state index in [-0.39, 0.29) is 29.6 Å². The largest absolute Gasteiger partial charge is 0.343 e. The second-order valence-electron chi connectivity index (χ2n) is 10.0. The minimum atomic E-state index is -3.75. The third-order valence-electron chi connectivity index (χ3n) is 7.08. The maximum Gasteiger partial charge on any atom is 0.261 e. The molecule has 0 atom stereocenters. The van der Waals surface area contributed by atoms with Crippen LogP contribution in [0.1, 0.15) is 63.5 Å². The molecule has 2 aliphatic rings. The van der Waals surface area contributed by atoms with Crippen LogP contribution in [0.15, 0.2) is 47.4 Å². The lowest BCUT2D eigenvalue weighted by molar-refractivity contribution is -0.134. The third kappa shape index (κ3) is 5.86. The molecule has 2 aromatic rings. The lowest BCUT2D eigenvalue weighted by Gasteiger charge is -2.30. The zero-order valence-corrected chi connectivity index (χ0v) is 21.6. The molecule has 0 aliphatic carbocycles. The zero-order valence-electron chi connectivity index (χ0n) is 20.8. The number of likely N-dealkylation sites (tertiary alicyclic amines) is 1. The van der Waals surface area contributed by atoms with Crippen LogP contribution in [0.3, 0.4) is 0 Å². The van der Waals surface area contributed by atoms with Crippen LogP contribution in [0.2, 0.25) is 0 Å². The summed E-state index contributed by atoms with van der Waals surface area (Å²) in [5.41, 5.74) is 3.21. The minimum absolute atomic E-state index is 0.0404. The van der Waals surface area contributed by atoms with E-state index in [1.807, 2.05) is 17.0 Å². The summed E-state index contributed by atoms with van der Waals surface area (Å²) in [6.45, 7) is 8.42. The van der Waals surface area contributed by atoms with Crippen molar-refractivity contribution in [3.63, 3.8) is 0 Å². The van der Waals surface area contributed by atoms with E-state index < -0.39 is 10.0 Å². The van der Waals surface area contributed by atoms with Crippen LogP contribution in [0, 0.1) is 5.92 Å². The van der Waals surface area contributed by atoms with Crippen LogP contribution in [0.4, 0.5) is 11.4 Å². The van der Waals surface area contributed by atoms with Gasteiger partial charge in [-0.3, -0.25) is 14.3 Å². The summed E-state index contributed by atoms with van der Waals surface area (Å²) in [7, 11) is -3.75. The fraction of sp³-hybridized carbons (Fsp3) is 0.481. The number of nitrogens with zero attached hydrogens (tertiary/aromatic N) is 2. The Kier molecular flexibility index (Phi) is 7.50. The van der Waals surface area contributed by atoms with Crippen molar-refractivity contribution in [2.75, 3.05) is 29.3 Å². The Morgan fingerprint density at radius 1 is 0.971 bits per heavy atom. The Balaban J connectivity index is 1.38. The van der Waals surface area contributed by atoms with E-state index >= 15 is 0 Å². The molecule has 0 bridgehead atoms. The van der Waals surface area contributed by atoms with E-state index in [2.05, 4.69) is 25.5 Å². The van der Waals surface area contributed by atoms with Gasteiger partial charge in [0, 0.05) is 43.9 Å². The first kappa shape index (κ1) is 25.2. The second-order valence-corrected chi connectivity index (χ2v) is 11.7. The van der Waals surface area contributed by atoms with Crippen molar-refractivity contribution < 1.29 is 18.0 Å². The van der Waals surface area contributed by atoms with E-state index in [1.54, 1.807) is 29.2 Å². The predicted octanol–water partition coefficient (Wildman–Crippen LogP) is 4.54. The van der Waals surface area contributed by atoms with Gasteiger partial charge >= 0.3 is 0 Å². The number of piperidine rings is 1. The highest BCUT2D eigenvalue weighted by atomic mass is 32.2. The van der Waals surface area contributed by atoms with Crippen molar-refractivity contribution in [3.8, 4) is 0 Å². The summed E-state index contributed by atoms with van der Waals surface area (Å²) < 4.78 is 28.5. The second kappa shape index (κ2) is 10.4. The molecule has 2 aromatic carbocycles. The summed E-state index contributed by atoms with van der Waals surface area (Å²) in [4.78, 5) is 29.1. The lowest BCUT2D eigenvalue weighted by atomic mass is 9.99. The summed E-state index contributed by atoms with van der Waals surface area (Å²) in [5.74, 6) is 0.964. The van der Waals surface area contributed by atoms with Gasteiger partial charge in [-0.15, -0.1) is 0 Å². The van der Waals surface area contributed by atoms with Crippen molar-refractivity contribution in [3.05, 3.63) is 53.6 Å². The first-order valence-electron chi connectivity index (χ1n) is 12.5. The zero-order chi connectivity index (χ0) is 25.2. The number of rotatable bonds is 7. The fourth-order valence-electron chi connectivity index (χ4n) is 4.72. The first-order valence-corrected chi connectivity index (χ1v) is 14.0. The Morgan fingerprint density at radius 3 is 2.29 bits per heavy atom. The minimum Gasteiger partial charge on any atom is -0.343 e. The van der Waals surface area contributed by atoms with Gasteiger partial charge < -0.3 is 9.80 Å². The van der Waals surface area contributed by atoms with Gasteiger partial charge in [0.25, 0.3) is 10.0 Å². The van der Waals surface area contributed by atoms with Gasteiger partial charge in [0.05, 0.1) is 4.90 Å². The van der Waals surface area contributed by atoms with Crippen molar-refractivity contribution in [1.82, 2.24) is 4.90 Å².